The zero-order chi connectivity index (χ0) is 25.7. The molecule has 0 heterocycles. The fourth-order valence-electron chi connectivity index (χ4n) is 4.94. The molecule has 4 aromatic carbocycles. The third kappa shape index (κ3) is 7.34. The van der Waals surface area contributed by atoms with Crippen LogP contribution in [0.4, 0.5) is 0 Å². The van der Waals surface area contributed by atoms with Gasteiger partial charge in [0.05, 0.1) is 0 Å². The van der Waals surface area contributed by atoms with Gasteiger partial charge in [0.1, 0.15) is 5.75 Å². The van der Waals surface area contributed by atoms with Crippen LogP contribution in [0.2, 0.25) is 0 Å². The fourth-order valence-corrected chi connectivity index (χ4v) is 4.94. The zero-order valence-corrected chi connectivity index (χ0v) is 22.6. The van der Waals surface area contributed by atoms with Gasteiger partial charge in [-0.1, -0.05) is 99.6 Å². The molecule has 1 nitrogen and oxygen atoms in total. The lowest BCUT2D eigenvalue weighted by Gasteiger charge is -2.18. The van der Waals surface area contributed by atoms with Crippen LogP contribution in [0.5, 0.6) is 5.75 Å². The van der Waals surface area contributed by atoms with E-state index in [9.17, 15) is 5.11 Å². The van der Waals surface area contributed by atoms with Crippen molar-refractivity contribution in [2.24, 2.45) is 5.41 Å². The summed E-state index contributed by atoms with van der Waals surface area (Å²) in [5.41, 5.74) is 12.1. The molecular weight excluding hydrogens is 436 g/mol. The molecule has 0 unspecified atom stereocenters. The summed E-state index contributed by atoms with van der Waals surface area (Å²) in [5, 5.41) is 9.76. The molecule has 0 atom stereocenters. The number of rotatable bonds is 8. The molecule has 36 heavy (non-hydrogen) atoms. The average Bonchev–Trinajstić information content (AvgIpc) is 2.82. The predicted molar refractivity (Wildman–Crippen MR) is 153 cm³/mol. The molecule has 0 aromatic heterocycles. The second-order valence-corrected chi connectivity index (χ2v) is 11.6. The molecule has 0 fully saturated rings. The second kappa shape index (κ2) is 11.2. The Labute approximate surface area is 217 Å². The van der Waals surface area contributed by atoms with Crippen molar-refractivity contribution >= 4 is 0 Å². The lowest BCUT2D eigenvalue weighted by molar-refractivity contribution is 0.411. The largest absolute Gasteiger partial charge is 0.508 e. The Morgan fingerprint density at radius 1 is 0.528 bits per heavy atom. The first kappa shape index (κ1) is 25.8. The van der Waals surface area contributed by atoms with Gasteiger partial charge in [0, 0.05) is 0 Å². The minimum Gasteiger partial charge on any atom is -0.508 e. The molecule has 1 heteroatoms. The normalized spacial score (nSPS) is 11.6. The quantitative estimate of drug-likeness (QED) is 0.270. The van der Waals surface area contributed by atoms with Gasteiger partial charge in [-0.25, -0.2) is 0 Å². The van der Waals surface area contributed by atoms with Crippen molar-refractivity contribution < 1.29 is 5.11 Å². The molecule has 0 aliphatic carbocycles. The topological polar surface area (TPSA) is 20.2 Å². The summed E-state index contributed by atoms with van der Waals surface area (Å²) in [4.78, 5) is 0. The summed E-state index contributed by atoms with van der Waals surface area (Å²) in [6.07, 6.45) is 5.10. The van der Waals surface area contributed by atoms with Gasteiger partial charge in [-0.3, -0.25) is 0 Å². The van der Waals surface area contributed by atoms with Crippen LogP contribution < -0.4 is 0 Å². The van der Waals surface area contributed by atoms with E-state index in [1.165, 1.54) is 44.5 Å². The van der Waals surface area contributed by atoms with Crippen LogP contribution in [0, 0.1) is 19.3 Å². The second-order valence-electron chi connectivity index (χ2n) is 11.6. The number of hydrogen-bond acceptors (Lipinski definition) is 1. The first-order valence-corrected chi connectivity index (χ1v) is 13.2. The number of phenols is 1. The third-order valence-electron chi connectivity index (χ3n) is 6.95. The van der Waals surface area contributed by atoms with E-state index in [2.05, 4.69) is 100 Å². The summed E-state index contributed by atoms with van der Waals surface area (Å²) in [5.74, 6) is 0.364. The van der Waals surface area contributed by atoms with Crippen LogP contribution in [0.15, 0.2) is 84.9 Å². The molecule has 0 aliphatic rings. The highest BCUT2D eigenvalue weighted by atomic mass is 16.3. The average molecular weight is 477 g/mol. The highest BCUT2D eigenvalue weighted by molar-refractivity contribution is 5.39. The summed E-state index contributed by atoms with van der Waals surface area (Å²) in [7, 11) is 0. The van der Waals surface area contributed by atoms with Crippen LogP contribution in [0.3, 0.4) is 0 Å². The van der Waals surface area contributed by atoms with E-state index in [0.717, 1.165) is 37.7 Å². The maximum absolute atomic E-state index is 9.76. The molecule has 0 saturated carbocycles. The van der Waals surface area contributed by atoms with Crippen molar-refractivity contribution in [1.29, 1.82) is 0 Å². The van der Waals surface area contributed by atoms with Crippen LogP contribution in [-0.4, -0.2) is 5.11 Å². The monoisotopic (exact) mass is 476 g/mol. The van der Waals surface area contributed by atoms with E-state index in [1.54, 1.807) is 6.07 Å². The molecule has 0 amide bonds. The number of phenolic OH excluding ortho intramolecular Hbond substituents is 1. The Morgan fingerprint density at radius 3 is 1.56 bits per heavy atom. The van der Waals surface area contributed by atoms with Gasteiger partial charge < -0.3 is 5.11 Å². The Balaban J connectivity index is 1.31. The number of aromatic hydroxyl groups is 1. The maximum atomic E-state index is 9.76. The SMILES string of the molecule is Cc1cc(Cc2ccc(CCc3ccc(Cc4ccc(CC(C)(C)C)cc4)cc3)c(C)c2)ccc1O. The summed E-state index contributed by atoms with van der Waals surface area (Å²) in [6, 6.07) is 31.0. The van der Waals surface area contributed by atoms with E-state index in [-0.39, 0.29) is 0 Å². The summed E-state index contributed by atoms with van der Waals surface area (Å²) < 4.78 is 0. The van der Waals surface area contributed by atoms with Crippen molar-refractivity contribution in [1.82, 2.24) is 0 Å². The van der Waals surface area contributed by atoms with E-state index >= 15 is 0 Å². The van der Waals surface area contributed by atoms with Gasteiger partial charge in [0.2, 0.25) is 0 Å². The van der Waals surface area contributed by atoms with Crippen LogP contribution >= 0.6 is 0 Å². The van der Waals surface area contributed by atoms with Gasteiger partial charge in [-0.05, 0) is 108 Å². The molecule has 4 rings (SSSR count). The van der Waals surface area contributed by atoms with Crippen LogP contribution in [-0.2, 0) is 32.1 Å². The summed E-state index contributed by atoms with van der Waals surface area (Å²) in [6.45, 7) is 11.0. The zero-order valence-electron chi connectivity index (χ0n) is 22.6. The number of aryl methyl sites for hydroxylation is 4. The minimum absolute atomic E-state index is 0.324. The third-order valence-corrected chi connectivity index (χ3v) is 6.95. The Bertz CT molecular complexity index is 1290. The van der Waals surface area contributed by atoms with Crippen LogP contribution in [0.25, 0.3) is 0 Å². The molecule has 0 bridgehead atoms. The first-order valence-electron chi connectivity index (χ1n) is 13.2. The molecule has 0 saturated heterocycles. The van der Waals surface area contributed by atoms with Crippen molar-refractivity contribution in [3.05, 3.63) is 135 Å². The van der Waals surface area contributed by atoms with E-state index in [0.29, 0.717) is 11.2 Å². The van der Waals surface area contributed by atoms with E-state index in [1.807, 2.05) is 13.0 Å². The summed E-state index contributed by atoms with van der Waals surface area (Å²) >= 11 is 0. The predicted octanol–water partition coefficient (Wildman–Crippen LogP) is 8.56. The fraction of sp³-hybridized carbons (Fsp3) is 0.314. The lowest BCUT2D eigenvalue weighted by Crippen LogP contribution is -2.08. The Hall–Kier alpha value is -3.32. The molecular formula is C35H40O. The molecule has 0 radical (unpaired) electrons. The molecule has 186 valence electrons. The molecule has 0 spiro atoms. The van der Waals surface area contributed by atoms with E-state index in [4.69, 9.17) is 0 Å². The minimum atomic E-state index is 0.324. The lowest BCUT2D eigenvalue weighted by atomic mass is 9.88. The Kier molecular flexibility index (Phi) is 7.99. The van der Waals surface area contributed by atoms with Gasteiger partial charge in [-0.15, -0.1) is 0 Å². The first-order chi connectivity index (χ1) is 17.1. The van der Waals surface area contributed by atoms with Crippen molar-refractivity contribution in [3.8, 4) is 5.75 Å². The molecule has 1 N–H and O–H groups in total. The van der Waals surface area contributed by atoms with Gasteiger partial charge in [-0.2, -0.15) is 0 Å². The van der Waals surface area contributed by atoms with Crippen LogP contribution in [0.1, 0.15) is 70.8 Å². The Morgan fingerprint density at radius 2 is 1.00 bits per heavy atom. The van der Waals surface area contributed by atoms with Crippen molar-refractivity contribution in [2.45, 2.75) is 66.7 Å². The van der Waals surface area contributed by atoms with E-state index < -0.39 is 0 Å². The highest BCUT2D eigenvalue weighted by Gasteiger charge is 2.11. The van der Waals surface area contributed by atoms with Crippen molar-refractivity contribution in [2.75, 3.05) is 0 Å². The number of benzene rings is 4. The highest BCUT2D eigenvalue weighted by Crippen LogP contribution is 2.23. The molecule has 4 aromatic rings. The van der Waals surface area contributed by atoms with Gasteiger partial charge in [0.15, 0.2) is 0 Å². The van der Waals surface area contributed by atoms with Gasteiger partial charge in [0.25, 0.3) is 0 Å². The van der Waals surface area contributed by atoms with Gasteiger partial charge >= 0.3 is 0 Å². The maximum Gasteiger partial charge on any atom is 0.118 e. The number of hydrogen-bond donors (Lipinski definition) is 1. The van der Waals surface area contributed by atoms with Crippen molar-refractivity contribution in [3.63, 3.8) is 0 Å². The molecule has 0 aliphatic heterocycles. The smallest absolute Gasteiger partial charge is 0.118 e. The standard InChI is InChI=1S/C35H40O/c1-25-20-31(23-32-16-19-34(36)26(2)21-32)15-18-33(25)17-14-27-6-8-28(9-7-27)22-29-10-12-30(13-11-29)24-35(3,4)5/h6-13,15-16,18-21,36H,14,17,22-24H2,1-5H3.